The van der Waals surface area contributed by atoms with Crippen LogP contribution in [0, 0.1) is 5.92 Å². The molecule has 1 unspecified atom stereocenters. The van der Waals surface area contributed by atoms with Crippen LogP contribution in [0.1, 0.15) is 39.2 Å². The van der Waals surface area contributed by atoms with Crippen LogP contribution in [-0.2, 0) is 5.60 Å². The predicted molar refractivity (Wildman–Crippen MR) is 77.6 cm³/mol. The van der Waals surface area contributed by atoms with Crippen molar-refractivity contribution in [1.29, 1.82) is 0 Å². The van der Waals surface area contributed by atoms with Crippen molar-refractivity contribution in [3.05, 3.63) is 35.9 Å². The third-order valence-electron chi connectivity index (χ3n) is 3.87. The highest BCUT2D eigenvalue weighted by molar-refractivity contribution is 5.22. The van der Waals surface area contributed by atoms with Crippen molar-refractivity contribution in [3.8, 4) is 0 Å². The Morgan fingerprint density at radius 3 is 2.11 bits per heavy atom. The third-order valence-corrected chi connectivity index (χ3v) is 3.87. The molecule has 102 valence electrons. The molecule has 0 aromatic heterocycles. The summed E-state index contributed by atoms with van der Waals surface area (Å²) in [6, 6.07) is 10.0. The highest BCUT2D eigenvalue weighted by atomic mass is 16.3. The minimum absolute atomic E-state index is 0.381. The molecule has 2 rings (SSSR count). The first-order valence-electron chi connectivity index (χ1n) is 7.07. The van der Waals surface area contributed by atoms with Crippen LogP contribution in [0.25, 0.3) is 0 Å². The van der Waals surface area contributed by atoms with Crippen LogP contribution >= 0.6 is 0 Å². The van der Waals surface area contributed by atoms with Crippen molar-refractivity contribution >= 4 is 0 Å². The van der Waals surface area contributed by atoms with Gasteiger partial charge < -0.3 is 10.0 Å². The predicted octanol–water partition coefficient (Wildman–Crippen LogP) is 3.26. The van der Waals surface area contributed by atoms with Crippen molar-refractivity contribution < 1.29 is 5.11 Å². The summed E-state index contributed by atoms with van der Waals surface area (Å²) in [6.07, 6.45) is 2.16. The zero-order chi connectivity index (χ0) is 13.6. The number of hydrogen-bond acceptors (Lipinski definition) is 2. The molecule has 0 aliphatic carbocycles. The molecule has 0 radical (unpaired) electrons. The second kappa shape index (κ2) is 6.91. The van der Waals surface area contributed by atoms with Crippen LogP contribution in [0.4, 0.5) is 0 Å². The molecule has 18 heavy (non-hydrogen) atoms. The van der Waals surface area contributed by atoms with Gasteiger partial charge in [-0.05, 0) is 51.4 Å². The Kier molecular flexibility index (Phi) is 5.83. The molecule has 1 aliphatic heterocycles. The van der Waals surface area contributed by atoms with Gasteiger partial charge in [0.25, 0.3) is 0 Å². The summed E-state index contributed by atoms with van der Waals surface area (Å²) >= 11 is 0. The lowest BCUT2D eigenvalue weighted by molar-refractivity contribution is -0.0302. The molecule has 0 saturated carbocycles. The average Bonchev–Trinajstić information content (AvgIpc) is 2.42. The van der Waals surface area contributed by atoms with E-state index in [2.05, 4.69) is 11.9 Å². The zero-order valence-electron chi connectivity index (χ0n) is 12.2. The first-order chi connectivity index (χ1) is 8.60. The monoisotopic (exact) mass is 249 g/mol. The Balaban J connectivity index is 0.000000771. The number of benzene rings is 1. The SMILES string of the molecule is CC.CN1CCC(C(C)(O)c2ccccc2)CC1. The molecular formula is C16H27NO. The largest absolute Gasteiger partial charge is 0.385 e. The van der Waals surface area contributed by atoms with Gasteiger partial charge in [-0.25, -0.2) is 0 Å². The van der Waals surface area contributed by atoms with E-state index < -0.39 is 5.60 Å². The lowest BCUT2D eigenvalue weighted by Gasteiger charge is -2.38. The van der Waals surface area contributed by atoms with Crippen molar-refractivity contribution in [2.24, 2.45) is 5.92 Å². The number of likely N-dealkylation sites (tertiary alicyclic amines) is 1. The standard InChI is InChI=1S/C14H21NO.C2H6/c1-14(16,12-6-4-3-5-7-12)13-8-10-15(2)11-9-13;1-2/h3-7,13,16H,8-11H2,1-2H3;1-2H3. The molecule has 0 spiro atoms. The molecule has 1 aromatic rings. The third kappa shape index (κ3) is 3.56. The molecule has 0 amide bonds. The van der Waals surface area contributed by atoms with Crippen molar-refractivity contribution in [3.63, 3.8) is 0 Å². The van der Waals surface area contributed by atoms with E-state index in [1.165, 1.54) is 0 Å². The van der Waals surface area contributed by atoms with Crippen LogP contribution in [0.2, 0.25) is 0 Å². The van der Waals surface area contributed by atoms with E-state index in [1.807, 2.05) is 51.1 Å². The lowest BCUT2D eigenvalue weighted by atomic mass is 9.77. The number of aliphatic hydroxyl groups is 1. The topological polar surface area (TPSA) is 23.5 Å². The summed E-state index contributed by atoms with van der Waals surface area (Å²) in [5.41, 5.74) is 0.368. The molecular weight excluding hydrogens is 222 g/mol. The highest BCUT2D eigenvalue weighted by Crippen LogP contribution is 2.35. The first kappa shape index (κ1) is 15.2. The van der Waals surface area contributed by atoms with E-state index in [4.69, 9.17) is 0 Å². The Morgan fingerprint density at radius 2 is 1.61 bits per heavy atom. The molecule has 1 heterocycles. The number of nitrogens with zero attached hydrogens (tertiary/aromatic N) is 1. The van der Waals surface area contributed by atoms with Gasteiger partial charge in [-0.15, -0.1) is 0 Å². The summed E-state index contributed by atoms with van der Waals surface area (Å²) in [5.74, 6) is 0.381. The first-order valence-corrected chi connectivity index (χ1v) is 7.07. The molecule has 1 saturated heterocycles. The average molecular weight is 249 g/mol. The molecule has 1 aromatic carbocycles. The molecule has 1 N–H and O–H groups in total. The van der Waals surface area contributed by atoms with Crippen molar-refractivity contribution in [2.45, 2.75) is 39.2 Å². The van der Waals surface area contributed by atoms with Gasteiger partial charge in [-0.3, -0.25) is 0 Å². The van der Waals surface area contributed by atoms with E-state index in [0.29, 0.717) is 5.92 Å². The van der Waals surface area contributed by atoms with Gasteiger partial charge in [0.1, 0.15) is 0 Å². The molecule has 2 nitrogen and oxygen atoms in total. The minimum Gasteiger partial charge on any atom is -0.385 e. The summed E-state index contributed by atoms with van der Waals surface area (Å²) in [5, 5.41) is 10.7. The molecule has 0 bridgehead atoms. The van der Waals surface area contributed by atoms with E-state index in [-0.39, 0.29) is 0 Å². The maximum atomic E-state index is 10.7. The number of hydrogen-bond donors (Lipinski definition) is 1. The van der Waals surface area contributed by atoms with E-state index in [1.54, 1.807) is 0 Å². The number of rotatable bonds is 2. The second-order valence-electron chi connectivity index (χ2n) is 5.09. The van der Waals surface area contributed by atoms with Gasteiger partial charge in [0.15, 0.2) is 0 Å². The fourth-order valence-corrected chi connectivity index (χ4v) is 2.58. The fraction of sp³-hybridized carbons (Fsp3) is 0.625. The van der Waals surface area contributed by atoms with Gasteiger partial charge in [0.05, 0.1) is 5.60 Å². The summed E-state index contributed by atoms with van der Waals surface area (Å²) in [6.45, 7) is 8.14. The second-order valence-corrected chi connectivity index (χ2v) is 5.09. The van der Waals surface area contributed by atoms with E-state index >= 15 is 0 Å². The van der Waals surface area contributed by atoms with Crippen LogP contribution in [-0.4, -0.2) is 30.1 Å². The maximum Gasteiger partial charge on any atom is 0.0897 e. The van der Waals surface area contributed by atoms with E-state index in [0.717, 1.165) is 31.5 Å². The molecule has 2 heteroatoms. The fourth-order valence-electron chi connectivity index (χ4n) is 2.58. The van der Waals surface area contributed by atoms with Gasteiger partial charge >= 0.3 is 0 Å². The highest BCUT2D eigenvalue weighted by Gasteiger charge is 2.35. The maximum absolute atomic E-state index is 10.7. The lowest BCUT2D eigenvalue weighted by Crippen LogP contribution is -2.40. The normalized spacial score (nSPS) is 20.7. The van der Waals surface area contributed by atoms with E-state index in [9.17, 15) is 5.11 Å². The van der Waals surface area contributed by atoms with Crippen molar-refractivity contribution in [2.75, 3.05) is 20.1 Å². The van der Waals surface area contributed by atoms with Crippen LogP contribution in [0.5, 0.6) is 0 Å². The van der Waals surface area contributed by atoms with Gasteiger partial charge in [-0.2, -0.15) is 0 Å². The van der Waals surface area contributed by atoms with Crippen LogP contribution in [0.15, 0.2) is 30.3 Å². The zero-order valence-corrected chi connectivity index (χ0v) is 12.2. The summed E-state index contributed by atoms with van der Waals surface area (Å²) < 4.78 is 0. The number of piperidine rings is 1. The Morgan fingerprint density at radius 1 is 1.11 bits per heavy atom. The molecule has 1 fully saturated rings. The Labute approximate surface area is 112 Å². The van der Waals surface area contributed by atoms with Crippen LogP contribution < -0.4 is 0 Å². The molecule has 1 aliphatic rings. The van der Waals surface area contributed by atoms with Crippen LogP contribution in [0.3, 0.4) is 0 Å². The Bertz CT molecular complexity index is 326. The molecule has 1 atom stereocenters. The van der Waals surface area contributed by atoms with Gasteiger partial charge in [0, 0.05) is 0 Å². The Hall–Kier alpha value is -0.860. The summed E-state index contributed by atoms with van der Waals surface area (Å²) in [7, 11) is 2.15. The smallest absolute Gasteiger partial charge is 0.0897 e. The minimum atomic E-state index is -0.678. The quantitative estimate of drug-likeness (QED) is 0.869. The van der Waals surface area contributed by atoms with Gasteiger partial charge in [-0.1, -0.05) is 44.2 Å². The van der Waals surface area contributed by atoms with Crippen molar-refractivity contribution in [1.82, 2.24) is 4.90 Å². The van der Waals surface area contributed by atoms with Gasteiger partial charge in [0.2, 0.25) is 0 Å². The summed E-state index contributed by atoms with van der Waals surface area (Å²) in [4.78, 5) is 2.33.